The summed E-state index contributed by atoms with van der Waals surface area (Å²) >= 11 is 5.86. The quantitative estimate of drug-likeness (QED) is 0.792. The van der Waals surface area contributed by atoms with Gasteiger partial charge in [-0.25, -0.2) is 0 Å². The second-order valence-corrected chi connectivity index (χ2v) is 4.12. The number of benzene rings is 1. The van der Waals surface area contributed by atoms with Crippen LogP contribution in [0.4, 0.5) is 0 Å². The van der Waals surface area contributed by atoms with Gasteiger partial charge in [0, 0.05) is 22.3 Å². The maximum Gasteiger partial charge on any atom is 0.194 e. The molecule has 4 heteroatoms. The van der Waals surface area contributed by atoms with Gasteiger partial charge in [0.1, 0.15) is 5.75 Å². The van der Waals surface area contributed by atoms with Crippen LogP contribution in [0.25, 0.3) is 0 Å². The molecular formula is C14H12ClNO2. The molecule has 0 unspecified atom stereocenters. The van der Waals surface area contributed by atoms with Gasteiger partial charge in [-0.15, -0.1) is 0 Å². The molecule has 2 aromatic rings. The summed E-state index contributed by atoms with van der Waals surface area (Å²) < 4.78 is 5.32. The highest BCUT2D eigenvalue weighted by molar-refractivity contribution is 6.31. The molecule has 0 atom stereocenters. The van der Waals surface area contributed by atoms with Gasteiger partial charge in [0.15, 0.2) is 5.78 Å². The third-order valence-corrected chi connectivity index (χ3v) is 2.61. The topological polar surface area (TPSA) is 39.2 Å². The molecule has 0 fully saturated rings. The van der Waals surface area contributed by atoms with E-state index in [-0.39, 0.29) is 5.78 Å². The SMILES string of the molecule is CCOc1cncc(C(=O)c2cccc(Cl)c2)c1. The summed E-state index contributed by atoms with van der Waals surface area (Å²) in [5.41, 5.74) is 1.03. The van der Waals surface area contributed by atoms with Crippen LogP contribution >= 0.6 is 11.6 Å². The average Bonchev–Trinajstić information content (AvgIpc) is 2.39. The average molecular weight is 262 g/mol. The molecule has 0 aliphatic rings. The Morgan fingerprint density at radius 3 is 2.83 bits per heavy atom. The Morgan fingerprint density at radius 1 is 1.28 bits per heavy atom. The van der Waals surface area contributed by atoms with Crippen LogP contribution in [0.15, 0.2) is 42.7 Å². The van der Waals surface area contributed by atoms with E-state index in [9.17, 15) is 4.79 Å². The van der Waals surface area contributed by atoms with E-state index < -0.39 is 0 Å². The highest BCUT2D eigenvalue weighted by Gasteiger charge is 2.10. The standard InChI is InChI=1S/C14H12ClNO2/c1-2-18-13-7-11(8-16-9-13)14(17)10-4-3-5-12(15)6-10/h3-9H,2H2,1H3. The molecule has 0 radical (unpaired) electrons. The lowest BCUT2D eigenvalue weighted by atomic mass is 10.1. The molecule has 0 saturated heterocycles. The summed E-state index contributed by atoms with van der Waals surface area (Å²) in [5.74, 6) is 0.469. The normalized spacial score (nSPS) is 10.1. The summed E-state index contributed by atoms with van der Waals surface area (Å²) in [6.07, 6.45) is 3.10. The lowest BCUT2D eigenvalue weighted by molar-refractivity contribution is 0.103. The Bertz CT molecular complexity index is 569. The monoisotopic (exact) mass is 261 g/mol. The van der Waals surface area contributed by atoms with E-state index in [2.05, 4.69) is 4.98 Å². The fraction of sp³-hybridized carbons (Fsp3) is 0.143. The van der Waals surface area contributed by atoms with Crippen molar-refractivity contribution in [1.82, 2.24) is 4.98 Å². The van der Waals surface area contributed by atoms with Crippen LogP contribution in [-0.2, 0) is 0 Å². The van der Waals surface area contributed by atoms with Crippen molar-refractivity contribution in [2.24, 2.45) is 0 Å². The zero-order valence-electron chi connectivity index (χ0n) is 9.89. The number of pyridine rings is 1. The first kappa shape index (κ1) is 12.6. The first-order valence-electron chi connectivity index (χ1n) is 5.59. The van der Waals surface area contributed by atoms with Gasteiger partial charge < -0.3 is 4.74 Å². The van der Waals surface area contributed by atoms with Crippen molar-refractivity contribution in [1.29, 1.82) is 0 Å². The third-order valence-electron chi connectivity index (χ3n) is 2.37. The fourth-order valence-corrected chi connectivity index (χ4v) is 1.78. The minimum Gasteiger partial charge on any atom is -0.492 e. The number of carbonyl (C=O) groups is 1. The van der Waals surface area contributed by atoms with Gasteiger partial charge >= 0.3 is 0 Å². The van der Waals surface area contributed by atoms with Crippen molar-refractivity contribution in [3.63, 3.8) is 0 Å². The molecule has 0 bridgehead atoms. The van der Waals surface area contributed by atoms with Crippen LogP contribution < -0.4 is 4.74 Å². The maximum atomic E-state index is 12.2. The van der Waals surface area contributed by atoms with Crippen LogP contribution in [0.5, 0.6) is 5.75 Å². The van der Waals surface area contributed by atoms with Crippen LogP contribution in [0.3, 0.4) is 0 Å². The van der Waals surface area contributed by atoms with E-state index in [4.69, 9.17) is 16.3 Å². The Hall–Kier alpha value is -1.87. The molecule has 0 amide bonds. The molecular weight excluding hydrogens is 250 g/mol. The summed E-state index contributed by atoms with van der Waals surface area (Å²) in [4.78, 5) is 16.2. The molecule has 1 heterocycles. The lowest BCUT2D eigenvalue weighted by Gasteiger charge is -2.05. The molecule has 3 nitrogen and oxygen atoms in total. The van der Waals surface area contributed by atoms with Crippen LogP contribution in [-0.4, -0.2) is 17.4 Å². The molecule has 1 aromatic heterocycles. The molecule has 0 spiro atoms. The Morgan fingerprint density at radius 2 is 2.11 bits per heavy atom. The first-order valence-corrected chi connectivity index (χ1v) is 5.96. The number of aromatic nitrogens is 1. The van der Waals surface area contributed by atoms with Gasteiger partial charge in [0.2, 0.25) is 0 Å². The Labute approximate surface area is 110 Å². The van der Waals surface area contributed by atoms with Gasteiger partial charge in [-0.2, -0.15) is 0 Å². The summed E-state index contributed by atoms with van der Waals surface area (Å²) in [6.45, 7) is 2.42. The summed E-state index contributed by atoms with van der Waals surface area (Å²) in [6, 6.07) is 8.52. The predicted octanol–water partition coefficient (Wildman–Crippen LogP) is 3.36. The summed E-state index contributed by atoms with van der Waals surface area (Å²) in [7, 11) is 0. The molecule has 2 rings (SSSR count). The van der Waals surface area contributed by atoms with Gasteiger partial charge in [-0.1, -0.05) is 23.7 Å². The number of nitrogens with zero attached hydrogens (tertiary/aromatic N) is 1. The molecule has 0 aliphatic heterocycles. The Balaban J connectivity index is 2.31. The molecule has 18 heavy (non-hydrogen) atoms. The number of hydrogen-bond acceptors (Lipinski definition) is 3. The third kappa shape index (κ3) is 2.87. The second kappa shape index (κ2) is 5.65. The van der Waals surface area contributed by atoms with E-state index in [1.807, 2.05) is 6.92 Å². The zero-order chi connectivity index (χ0) is 13.0. The number of hydrogen-bond donors (Lipinski definition) is 0. The highest BCUT2D eigenvalue weighted by Crippen LogP contribution is 2.17. The highest BCUT2D eigenvalue weighted by atomic mass is 35.5. The van der Waals surface area contributed by atoms with Gasteiger partial charge in [-0.3, -0.25) is 9.78 Å². The van der Waals surface area contributed by atoms with Crippen molar-refractivity contribution in [2.45, 2.75) is 6.92 Å². The lowest BCUT2D eigenvalue weighted by Crippen LogP contribution is -2.03. The molecule has 0 aliphatic carbocycles. The minimum absolute atomic E-state index is 0.119. The molecule has 92 valence electrons. The predicted molar refractivity (Wildman–Crippen MR) is 70.3 cm³/mol. The second-order valence-electron chi connectivity index (χ2n) is 3.68. The van der Waals surface area contributed by atoms with Crippen molar-refractivity contribution in [2.75, 3.05) is 6.61 Å². The van der Waals surface area contributed by atoms with E-state index >= 15 is 0 Å². The van der Waals surface area contributed by atoms with E-state index in [0.717, 1.165) is 0 Å². The van der Waals surface area contributed by atoms with Crippen molar-refractivity contribution in [3.8, 4) is 5.75 Å². The fourth-order valence-electron chi connectivity index (χ4n) is 1.58. The zero-order valence-corrected chi connectivity index (χ0v) is 10.6. The number of ketones is 1. The number of rotatable bonds is 4. The number of carbonyl (C=O) groups excluding carboxylic acids is 1. The van der Waals surface area contributed by atoms with Crippen LogP contribution in [0.1, 0.15) is 22.8 Å². The van der Waals surface area contributed by atoms with E-state index in [0.29, 0.717) is 28.5 Å². The maximum absolute atomic E-state index is 12.2. The van der Waals surface area contributed by atoms with Crippen LogP contribution in [0, 0.1) is 0 Å². The van der Waals surface area contributed by atoms with Gasteiger partial charge in [0.25, 0.3) is 0 Å². The van der Waals surface area contributed by atoms with Gasteiger partial charge in [-0.05, 0) is 25.1 Å². The molecule has 1 aromatic carbocycles. The minimum atomic E-state index is -0.119. The first-order chi connectivity index (χ1) is 8.70. The van der Waals surface area contributed by atoms with Crippen molar-refractivity contribution >= 4 is 17.4 Å². The van der Waals surface area contributed by atoms with Gasteiger partial charge in [0.05, 0.1) is 12.8 Å². The van der Waals surface area contributed by atoms with E-state index in [1.165, 1.54) is 6.20 Å². The molecule has 0 N–H and O–H groups in total. The Kier molecular flexibility index (Phi) is 3.95. The largest absolute Gasteiger partial charge is 0.492 e. The van der Waals surface area contributed by atoms with Crippen molar-refractivity contribution < 1.29 is 9.53 Å². The van der Waals surface area contributed by atoms with Crippen molar-refractivity contribution in [3.05, 3.63) is 58.9 Å². The molecule has 0 saturated carbocycles. The smallest absolute Gasteiger partial charge is 0.194 e. The number of halogens is 1. The van der Waals surface area contributed by atoms with Crippen LogP contribution in [0.2, 0.25) is 5.02 Å². The summed E-state index contributed by atoms with van der Waals surface area (Å²) in [5, 5.41) is 0.537. The number of ether oxygens (including phenoxy) is 1. The van der Waals surface area contributed by atoms with E-state index in [1.54, 1.807) is 36.5 Å².